The first-order valence-corrected chi connectivity index (χ1v) is 6.63. The molecule has 0 aromatic heterocycles. The second-order valence-electron chi connectivity index (χ2n) is 5.35. The molecule has 19 heavy (non-hydrogen) atoms. The topological polar surface area (TPSA) is 64.3 Å². The molecule has 0 heterocycles. The average molecular weight is 264 g/mol. The Kier molecular flexibility index (Phi) is 5.36. The summed E-state index contributed by atoms with van der Waals surface area (Å²) in [6.07, 6.45) is 0. The molecule has 0 spiro atoms. The van der Waals surface area contributed by atoms with E-state index in [-0.39, 0.29) is 11.3 Å². The molecule has 0 fully saturated rings. The minimum Gasteiger partial charge on any atom is -0.494 e. The number of hydrogen-bond acceptors (Lipinski definition) is 3. The van der Waals surface area contributed by atoms with Gasteiger partial charge in [-0.1, -0.05) is 26.0 Å². The number of hydrogen-bond donors (Lipinski definition) is 2. The van der Waals surface area contributed by atoms with E-state index in [1.165, 1.54) is 0 Å². The summed E-state index contributed by atoms with van der Waals surface area (Å²) in [7, 11) is 0. The van der Waals surface area contributed by atoms with Crippen molar-refractivity contribution in [1.82, 2.24) is 5.32 Å². The maximum atomic E-state index is 11.5. The number of carbonyl (C=O) groups is 1. The van der Waals surface area contributed by atoms with Gasteiger partial charge in [0, 0.05) is 12.0 Å². The molecule has 0 saturated heterocycles. The fourth-order valence-corrected chi connectivity index (χ4v) is 1.74. The zero-order valence-corrected chi connectivity index (χ0v) is 12.2. The molecule has 0 bridgehead atoms. The third kappa shape index (κ3) is 4.56. The SMILES string of the molecule is CCOc1ccc(C(C)(C)CNC(=O)C(C)N)cc1. The summed E-state index contributed by atoms with van der Waals surface area (Å²) in [4.78, 5) is 11.5. The highest BCUT2D eigenvalue weighted by atomic mass is 16.5. The van der Waals surface area contributed by atoms with Crippen LogP contribution in [-0.4, -0.2) is 25.1 Å². The van der Waals surface area contributed by atoms with Gasteiger partial charge in [-0.05, 0) is 31.5 Å². The highest BCUT2D eigenvalue weighted by Crippen LogP contribution is 2.24. The number of ether oxygens (including phenoxy) is 1. The molecule has 0 aliphatic heterocycles. The Hall–Kier alpha value is -1.55. The lowest BCUT2D eigenvalue weighted by Gasteiger charge is -2.26. The highest BCUT2D eigenvalue weighted by Gasteiger charge is 2.22. The zero-order chi connectivity index (χ0) is 14.5. The van der Waals surface area contributed by atoms with Crippen LogP contribution in [0.25, 0.3) is 0 Å². The monoisotopic (exact) mass is 264 g/mol. The van der Waals surface area contributed by atoms with E-state index in [0.717, 1.165) is 11.3 Å². The molecule has 1 atom stereocenters. The van der Waals surface area contributed by atoms with Crippen molar-refractivity contribution in [2.45, 2.75) is 39.2 Å². The summed E-state index contributed by atoms with van der Waals surface area (Å²) < 4.78 is 5.42. The van der Waals surface area contributed by atoms with Gasteiger partial charge in [-0.3, -0.25) is 4.79 Å². The van der Waals surface area contributed by atoms with Crippen LogP contribution in [0, 0.1) is 0 Å². The maximum absolute atomic E-state index is 11.5. The third-order valence-electron chi connectivity index (χ3n) is 3.06. The van der Waals surface area contributed by atoms with Crippen molar-refractivity contribution in [2.75, 3.05) is 13.2 Å². The predicted molar refractivity (Wildman–Crippen MR) is 77.3 cm³/mol. The van der Waals surface area contributed by atoms with Gasteiger partial charge in [0.15, 0.2) is 0 Å². The molecule has 1 aromatic carbocycles. The van der Waals surface area contributed by atoms with Crippen molar-refractivity contribution in [3.63, 3.8) is 0 Å². The minimum absolute atomic E-state index is 0.126. The lowest BCUT2D eigenvalue weighted by atomic mass is 9.84. The van der Waals surface area contributed by atoms with Crippen molar-refractivity contribution >= 4 is 5.91 Å². The first-order chi connectivity index (χ1) is 8.86. The molecule has 0 aliphatic carbocycles. The van der Waals surface area contributed by atoms with E-state index in [2.05, 4.69) is 19.2 Å². The van der Waals surface area contributed by atoms with E-state index < -0.39 is 6.04 Å². The van der Waals surface area contributed by atoms with Crippen molar-refractivity contribution in [3.05, 3.63) is 29.8 Å². The number of rotatable bonds is 6. The normalized spacial score (nSPS) is 12.9. The van der Waals surface area contributed by atoms with Crippen LogP contribution in [0.1, 0.15) is 33.3 Å². The van der Waals surface area contributed by atoms with Crippen molar-refractivity contribution in [2.24, 2.45) is 5.73 Å². The van der Waals surface area contributed by atoms with Crippen molar-refractivity contribution < 1.29 is 9.53 Å². The second kappa shape index (κ2) is 6.57. The van der Waals surface area contributed by atoms with E-state index in [9.17, 15) is 4.79 Å². The molecular formula is C15H24N2O2. The van der Waals surface area contributed by atoms with Crippen LogP contribution in [0.15, 0.2) is 24.3 Å². The van der Waals surface area contributed by atoms with Gasteiger partial charge < -0.3 is 15.8 Å². The van der Waals surface area contributed by atoms with Crippen molar-refractivity contribution in [3.8, 4) is 5.75 Å². The number of nitrogens with one attached hydrogen (secondary N) is 1. The van der Waals surface area contributed by atoms with Crippen LogP contribution in [0.5, 0.6) is 5.75 Å². The summed E-state index contributed by atoms with van der Waals surface area (Å²) in [6.45, 7) is 9.03. The highest BCUT2D eigenvalue weighted by molar-refractivity contribution is 5.81. The minimum atomic E-state index is -0.476. The fourth-order valence-electron chi connectivity index (χ4n) is 1.74. The molecular weight excluding hydrogens is 240 g/mol. The maximum Gasteiger partial charge on any atom is 0.236 e. The Morgan fingerprint density at radius 1 is 1.37 bits per heavy atom. The lowest BCUT2D eigenvalue weighted by Crippen LogP contribution is -2.43. The van der Waals surface area contributed by atoms with Gasteiger partial charge in [-0.2, -0.15) is 0 Å². The van der Waals surface area contributed by atoms with E-state index >= 15 is 0 Å². The quantitative estimate of drug-likeness (QED) is 0.824. The number of nitrogens with two attached hydrogens (primary N) is 1. The van der Waals surface area contributed by atoms with Gasteiger partial charge >= 0.3 is 0 Å². The smallest absolute Gasteiger partial charge is 0.236 e. The van der Waals surface area contributed by atoms with Gasteiger partial charge in [-0.25, -0.2) is 0 Å². The number of carbonyl (C=O) groups excluding carboxylic acids is 1. The molecule has 1 aromatic rings. The van der Waals surface area contributed by atoms with Gasteiger partial charge in [-0.15, -0.1) is 0 Å². The van der Waals surface area contributed by atoms with E-state index in [4.69, 9.17) is 10.5 Å². The van der Waals surface area contributed by atoms with Crippen LogP contribution in [0.3, 0.4) is 0 Å². The number of benzene rings is 1. The second-order valence-corrected chi connectivity index (χ2v) is 5.35. The molecule has 1 unspecified atom stereocenters. The van der Waals surface area contributed by atoms with Gasteiger partial charge in [0.25, 0.3) is 0 Å². The fraction of sp³-hybridized carbons (Fsp3) is 0.533. The molecule has 0 aliphatic rings. The van der Waals surface area contributed by atoms with E-state index in [1.54, 1.807) is 6.92 Å². The molecule has 0 radical (unpaired) electrons. The summed E-state index contributed by atoms with van der Waals surface area (Å²) in [5, 5.41) is 2.87. The molecule has 4 heteroatoms. The Bertz CT molecular complexity index is 411. The molecule has 4 nitrogen and oxygen atoms in total. The largest absolute Gasteiger partial charge is 0.494 e. The Morgan fingerprint density at radius 3 is 2.42 bits per heavy atom. The number of amides is 1. The zero-order valence-electron chi connectivity index (χ0n) is 12.2. The standard InChI is InChI=1S/C15H24N2O2/c1-5-19-13-8-6-12(7-9-13)15(3,4)10-17-14(18)11(2)16/h6-9,11H,5,10,16H2,1-4H3,(H,17,18). The molecule has 106 valence electrons. The molecule has 0 saturated carbocycles. The Morgan fingerprint density at radius 2 is 1.95 bits per heavy atom. The molecule has 3 N–H and O–H groups in total. The van der Waals surface area contributed by atoms with Gasteiger partial charge in [0.05, 0.1) is 12.6 Å². The summed E-state index contributed by atoms with van der Waals surface area (Å²) >= 11 is 0. The van der Waals surface area contributed by atoms with E-state index in [1.807, 2.05) is 31.2 Å². The van der Waals surface area contributed by atoms with Crippen LogP contribution in [-0.2, 0) is 10.2 Å². The van der Waals surface area contributed by atoms with Gasteiger partial charge in [0.2, 0.25) is 5.91 Å². The van der Waals surface area contributed by atoms with E-state index in [0.29, 0.717) is 13.2 Å². The third-order valence-corrected chi connectivity index (χ3v) is 3.06. The first kappa shape index (κ1) is 15.5. The van der Waals surface area contributed by atoms with Crippen LogP contribution >= 0.6 is 0 Å². The predicted octanol–water partition coefficient (Wildman–Crippen LogP) is 1.83. The van der Waals surface area contributed by atoms with Crippen molar-refractivity contribution in [1.29, 1.82) is 0 Å². The Labute approximate surface area is 115 Å². The first-order valence-electron chi connectivity index (χ1n) is 6.63. The summed E-state index contributed by atoms with van der Waals surface area (Å²) in [5.41, 5.74) is 6.54. The van der Waals surface area contributed by atoms with Gasteiger partial charge in [0.1, 0.15) is 5.75 Å². The summed E-state index contributed by atoms with van der Waals surface area (Å²) in [6, 6.07) is 7.49. The van der Waals surface area contributed by atoms with Crippen LogP contribution in [0.4, 0.5) is 0 Å². The molecule has 1 amide bonds. The average Bonchev–Trinajstić information content (AvgIpc) is 2.37. The Balaban J connectivity index is 2.68. The van der Waals surface area contributed by atoms with Crippen LogP contribution in [0.2, 0.25) is 0 Å². The molecule has 1 rings (SSSR count). The van der Waals surface area contributed by atoms with Crippen LogP contribution < -0.4 is 15.8 Å². The summed E-state index contributed by atoms with van der Waals surface area (Å²) in [5.74, 6) is 0.737. The lowest BCUT2D eigenvalue weighted by molar-refractivity contribution is -0.122.